The summed E-state index contributed by atoms with van der Waals surface area (Å²) in [4.78, 5) is 3.55. The van der Waals surface area contributed by atoms with Crippen LogP contribution in [0.1, 0.15) is 20.9 Å². The van der Waals surface area contributed by atoms with Gasteiger partial charge in [-0.15, -0.1) is 12.4 Å². The fraction of sp³-hybridized carbons (Fsp3) is 0.375. The summed E-state index contributed by atoms with van der Waals surface area (Å²) < 4.78 is 21.2. The quantitative estimate of drug-likeness (QED) is 0.662. The zero-order chi connectivity index (χ0) is 11.6. The first-order valence-corrected chi connectivity index (χ1v) is 3.33. The SMILES string of the molecule is Cl.[2H]C([2H])([2H])c1ncc(CO)c(CO)c1O. The van der Waals surface area contributed by atoms with Gasteiger partial charge in [0.15, 0.2) is 0 Å². The molecule has 74 valence electrons. The number of nitrogens with zero attached hydrogens (tertiary/aromatic N) is 1. The summed E-state index contributed by atoms with van der Waals surface area (Å²) in [5.74, 6) is -0.580. The van der Waals surface area contributed by atoms with E-state index >= 15 is 0 Å². The molecule has 0 spiro atoms. The monoisotopic (exact) mass is 208 g/mol. The molecule has 0 saturated carbocycles. The Morgan fingerprint density at radius 2 is 2.15 bits per heavy atom. The number of aromatic hydroxyl groups is 1. The zero-order valence-electron chi connectivity index (χ0n) is 9.69. The van der Waals surface area contributed by atoms with Crippen LogP contribution in [0.15, 0.2) is 6.20 Å². The summed E-state index contributed by atoms with van der Waals surface area (Å²) in [6.07, 6.45) is 1.13. The lowest BCUT2D eigenvalue weighted by atomic mass is 10.1. The number of halogens is 1. The minimum atomic E-state index is -2.54. The number of hydrogen-bond acceptors (Lipinski definition) is 4. The molecule has 0 radical (unpaired) electrons. The van der Waals surface area contributed by atoms with Crippen molar-refractivity contribution in [2.45, 2.75) is 20.1 Å². The summed E-state index contributed by atoms with van der Waals surface area (Å²) in [7, 11) is 0. The molecule has 0 fully saturated rings. The maximum absolute atomic E-state index is 9.54. The summed E-state index contributed by atoms with van der Waals surface area (Å²) in [6, 6.07) is 0. The Hall–Kier alpha value is -0.840. The average molecular weight is 209 g/mol. The van der Waals surface area contributed by atoms with Crippen LogP contribution in [0.3, 0.4) is 0 Å². The molecule has 0 bridgehead atoms. The summed E-state index contributed by atoms with van der Waals surface area (Å²) in [6.45, 7) is -3.51. The van der Waals surface area contributed by atoms with Gasteiger partial charge in [0.1, 0.15) is 5.75 Å². The summed E-state index contributed by atoms with van der Waals surface area (Å²) >= 11 is 0. The van der Waals surface area contributed by atoms with Gasteiger partial charge in [0.25, 0.3) is 0 Å². The van der Waals surface area contributed by atoms with Crippen LogP contribution < -0.4 is 0 Å². The lowest BCUT2D eigenvalue weighted by Crippen LogP contribution is -1.98. The Morgan fingerprint density at radius 3 is 2.62 bits per heavy atom. The Bertz CT molecular complexity index is 370. The third-order valence-electron chi connectivity index (χ3n) is 1.58. The van der Waals surface area contributed by atoms with Gasteiger partial charge in [-0.2, -0.15) is 0 Å². The van der Waals surface area contributed by atoms with Gasteiger partial charge in [0.05, 0.1) is 18.9 Å². The maximum Gasteiger partial charge on any atom is 0.142 e. The second-order valence-corrected chi connectivity index (χ2v) is 2.28. The van der Waals surface area contributed by atoms with Gasteiger partial charge in [-0.3, -0.25) is 4.98 Å². The van der Waals surface area contributed by atoms with Crippen LogP contribution in [0.2, 0.25) is 0 Å². The smallest absolute Gasteiger partial charge is 0.142 e. The molecule has 0 unspecified atom stereocenters. The molecule has 0 aliphatic heterocycles. The van der Waals surface area contributed by atoms with Crippen molar-refractivity contribution in [3.8, 4) is 5.75 Å². The molecule has 3 N–H and O–H groups in total. The highest BCUT2D eigenvalue weighted by Crippen LogP contribution is 2.23. The standard InChI is InChI=1S/C8H11NO3.ClH/c1-5-8(12)7(4-11)6(3-10)2-9-5;/h2,10-12H,3-4H2,1H3;1H/i1D3;. The molecule has 0 aliphatic carbocycles. The number of aliphatic hydroxyl groups excluding tert-OH is 2. The molecule has 0 atom stereocenters. The van der Waals surface area contributed by atoms with Crippen LogP contribution in [-0.2, 0) is 13.2 Å². The van der Waals surface area contributed by atoms with E-state index in [0.717, 1.165) is 6.20 Å². The van der Waals surface area contributed by atoms with E-state index in [9.17, 15) is 5.11 Å². The number of aromatic nitrogens is 1. The number of pyridine rings is 1. The molecule has 1 heterocycles. The fourth-order valence-corrected chi connectivity index (χ4v) is 0.889. The number of rotatable bonds is 2. The van der Waals surface area contributed by atoms with E-state index in [1.54, 1.807) is 0 Å². The predicted molar refractivity (Wildman–Crippen MR) is 49.7 cm³/mol. The number of hydrogen-bond donors (Lipinski definition) is 3. The van der Waals surface area contributed by atoms with Crippen molar-refractivity contribution >= 4 is 12.4 Å². The van der Waals surface area contributed by atoms with Gasteiger partial charge in [0.2, 0.25) is 0 Å². The highest BCUT2D eigenvalue weighted by molar-refractivity contribution is 5.85. The molecule has 0 aliphatic rings. The van der Waals surface area contributed by atoms with Gasteiger partial charge in [0, 0.05) is 21.4 Å². The van der Waals surface area contributed by atoms with E-state index in [-0.39, 0.29) is 23.5 Å². The second kappa shape index (κ2) is 5.01. The third kappa shape index (κ3) is 2.30. The average Bonchev–Trinajstić information content (AvgIpc) is 2.15. The molecule has 13 heavy (non-hydrogen) atoms. The molecular formula is C8H12ClNO3. The molecule has 5 heteroatoms. The normalized spacial score (nSPS) is 13.8. The van der Waals surface area contributed by atoms with Gasteiger partial charge < -0.3 is 15.3 Å². The van der Waals surface area contributed by atoms with Crippen LogP contribution in [0, 0.1) is 6.85 Å². The summed E-state index contributed by atoms with van der Waals surface area (Å²) in [5.41, 5.74) is -0.259. The Balaban J connectivity index is 0.00000225. The minimum absolute atomic E-state index is 0. The molecule has 0 amide bonds. The van der Waals surface area contributed by atoms with Crippen molar-refractivity contribution in [3.05, 3.63) is 23.0 Å². The van der Waals surface area contributed by atoms with Crippen molar-refractivity contribution in [1.29, 1.82) is 0 Å². The highest BCUT2D eigenvalue weighted by atomic mass is 35.5. The van der Waals surface area contributed by atoms with Crippen LogP contribution in [-0.4, -0.2) is 20.3 Å². The van der Waals surface area contributed by atoms with E-state index in [1.807, 2.05) is 0 Å². The van der Waals surface area contributed by atoms with Gasteiger partial charge in [-0.1, -0.05) is 0 Å². The minimum Gasteiger partial charge on any atom is -0.506 e. The van der Waals surface area contributed by atoms with E-state index in [2.05, 4.69) is 4.98 Å². The Labute approximate surface area is 86.5 Å². The molecule has 0 aromatic carbocycles. The topological polar surface area (TPSA) is 73.6 Å². The van der Waals surface area contributed by atoms with E-state index in [4.69, 9.17) is 14.3 Å². The van der Waals surface area contributed by atoms with Gasteiger partial charge in [-0.25, -0.2) is 0 Å². The van der Waals surface area contributed by atoms with Crippen LogP contribution >= 0.6 is 12.4 Å². The van der Waals surface area contributed by atoms with Crippen molar-refractivity contribution in [1.82, 2.24) is 4.98 Å². The molecular weight excluding hydrogens is 194 g/mol. The van der Waals surface area contributed by atoms with Crippen LogP contribution in [0.4, 0.5) is 0 Å². The summed E-state index contributed by atoms with van der Waals surface area (Å²) in [5, 5.41) is 27.3. The predicted octanol–water partition coefficient (Wildman–Crippen LogP) is 0.502. The molecule has 4 nitrogen and oxygen atoms in total. The Morgan fingerprint density at radius 1 is 1.46 bits per heavy atom. The molecule has 1 rings (SSSR count). The molecule has 1 aromatic heterocycles. The van der Waals surface area contributed by atoms with Crippen LogP contribution in [0.5, 0.6) is 5.75 Å². The van der Waals surface area contributed by atoms with Crippen molar-refractivity contribution in [2.75, 3.05) is 0 Å². The number of aryl methyl sites for hydroxylation is 1. The lowest BCUT2D eigenvalue weighted by Gasteiger charge is -2.07. The first kappa shape index (κ1) is 7.55. The Kier molecular flexibility index (Phi) is 2.91. The first-order valence-electron chi connectivity index (χ1n) is 4.83. The third-order valence-corrected chi connectivity index (χ3v) is 1.58. The number of aliphatic hydroxyl groups is 2. The van der Waals surface area contributed by atoms with E-state index in [1.165, 1.54) is 0 Å². The van der Waals surface area contributed by atoms with Crippen molar-refractivity contribution in [2.24, 2.45) is 0 Å². The first-order chi connectivity index (χ1) is 6.91. The van der Waals surface area contributed by atoms with Crippen molar-refractivity contribution < 1.29 is 19.4 Å². The largest absolute Gasteiger partial charge is 0.506 e. The molecule has 0 saturated heterocycles. The van der Waals surface area contributed by atoms with E-state index in [0.29, 0.717) is 0 Å². The van der Waals surface area contributed by atoms with Crippen molar-refractivity contribution in [3.63, 3.8) is 0 Å². The van der Waals surface area contributed by atoms with Gasteiger partial charge in [-0.05, 0) is 6.85 Å². The molecule has 1 aromatic rings. The fourth-order valence-electron chi connectivity index (χ4n) is 0.889. The zero-order valence-corrected chi connectivity index (χ0v) is 7.51. The van der Waals surface area contributed by atoms with E-state index < -0.39 is 31.5 Å². The lowest BCUT2D eigenvalue weighted by molar-refractivity contribution is 0.254. The van der Waals surface area contributed by atoms with Gasteiger partial charge >= 0.3 is 0 Å². The maximum atomic E-state index is 9.54. The van der Waals surface area contributed by atoms with Crippen LogP contribution in [0.25, 0.3) is 0 Å². The second-order valence-electron chi connectivity index (χ2n) is 2.28. The highest BCUT2D eigenvalue weighted by Gasteiger charge is 2.09.